The van der Waals surface area contributed by atoms with Crippen molar-refractivity contribution in [2.75, 3.05) is 19.0 Å². The summed E-state index contributed by atoms with van der Waals surface area (Å²) in [5.41, 5.74) is 4.14. The van der Waals surface area contributed by atoms with E-state index < -0.39 is 11.6 Å². The highest BCUT2D eigenvalue weighted by molar-refractivity contribution is 6.51. The minimum absolute atomic E-state index is 0.431. The molecule has 1 aliphatic rings. The van der Waals surface area contributed by atoms with Crippen molar-refractivity contribution in [3.8, 4) is 0 Å². The summed E-state index contributed by atoms with van der Waals surface area (Å²) < 4.78 is 0. The Kier molecular flexibility index (Phi) is 3.18. The molecule has 0 N–H and O–H groups in total. The number of nitrogens with zero attached hydrogens (tertiary/aromatic N) is 1. The van der Waals surface area contributed by atoms with E-state index in [-0.39, 0.29) is 0 Å². The predicted molar refractivity (Wildman–Crippen MR) is 83.6 cm³/mol. The van der Waals surface area contributed by atoms with Crippen LogP contribution in [0.15, 0.2) is 54.6 Å². The fraction of sp³-hybridized carbons (Fsp3) is 0.111. The van der Waals surface area contributed by atoms with Crippen molar-refractivity contribution in [1.29, 1.82) is 0 Å². The van der Waals surface area contributed by atoms with E-state index in [1.165, 1.54) is 6.08 Å². The van der Waals surface area contributed by atoms with Crippen LogP contribution < -0.4 is 4.90 Å². The van der Waals surface area contributed by atoms with Gasteiger partial charge in [-0.2, -0.15) is 0 Å². The first-order chi connectivity index (χ1) is 10.1. The highest BCUT2D eigenvalue weighted by Gasteiger charge is 2.25. The summed E-state index contributed by atoms with van der Waals surface area (Å²) in [5, 5.41) is 0. The molecule has 0 saturated carbocycles. The molecule has 2 aromatic rings. The van der Waals surface area contributed by atoms with E-state index >= 15 is 0 Å². The van der Waals surface area contributed by atoms with Crippen molar-refractivity contribution in [2.45, 2.75) is 0 Å². The zero-order valence-electron chi connectivity index (χ0n) is 12.0. The van der Waals surface area contributed by atoms with Crippen molar-refractivity contribution in [3.63, 3.8) is 0 Å². The van der Waals surface area contributed by atoms with Gasteiger partial charge in [-0.05, 0) is 34.9 Å². The molecule has 0 atom stereocenters. The number of hydrogen-bond donors (Lipinski definition) is 0. The van der Waals surface area contributed by atoms with Crippen LogP contribution in [-0.2, 0) is 4.79 Å². The number of allylic oxidation sites excluding steroid dienone is 1. The molecule has 2 aromatic carbocycles. The van der Waals surface area contributed by atoms with Gasteiger partial charge < -0.3 is 4.90 Å². The van der Waals surface area contributed by atoms with Crippen molar-refractivity contribution in [2.24, 2.45) is 0 Å². The fourth-order valence-corrected chi connectivity index (χ4v) is 2.50. The van der Waals surface area contributed by atoms with Gasteiger partial charge in [0, 0.05) is 25.3 Å². The molecule has 3 nitrogen and oxygen atoms in total. The topological polar surface area (TPSA) is 37.4 Å². The third-order valence-corrected chi connectivity index (χ3v) is 3.66. The Hall–Kier alpha value is -2.68. The molecular weight excluding hydrogens is 262 g/mol. The number of rotatable bonds is 2. The molecular formula is C18H15NO2. The summed E-state index contributed by atoms with van der Waals surface area (Å²) in [6.45, 7) is 0. The van der Waals surface area contributed by atoms with E-state index in [1.54, 1.807) is 12.1 Å². The van der Waals surface area contributed by atoms with E-state index in [0.29, 0.717) is 5.56 Å². The highest BCUT2D eigenvalue weighted by Crippen LogP contribution is 2.31. The summed E-state index contributed by atoms with van der Waals surface area (Å²) in [5.74, 6) is -0.889. The van der Waals surface area contributed by atoms with Gasteiger partial charge in [0.05, 0.1) is 0 Å². The molecule has 0 spiro atoms. The maximum atomic E-state index is 11.9. The quantitative estimate of drug-likeness (QED) is 0.792. The first-order valence-electron chi connectivity index (χ1n) is 6.75. The SMILES string of the molecule is CN(C)c1ccc(C2=CC(=O)C(=O)c3ccccc32)cc1. The van der Waals surface area contributed by atoms with Gasteiger partial charge in [0.25, 0.3) is 0 Å². The Morgan fingerprint density at radius 3 is 2.05 bits per heavy atom. The maximum Gasteiger partial charge on any atom is 0.233 e. The largest absolute Gasteiger partial charge is 0.378 e. The molecule has 0 fully saturated rings. The molecule has 0 aromatic heterocycles. The number of hydrogen-bond acceptors (Lipinski definition) is 3. The van der Waals surface area contributed by atoms with Gasteiger partial charge >= 0.3 is 0 Å². The van der Waals surface area contributed by atoms with Gasteiger partial charge in [0.15, 0.2) is 0 Å². The third kappa shape index (κ3) is 2.27. The van der Waals surface area contributed by atoms with Gasteiger partial charge in [0.2, 0.25) is 11.6 Å². The van der Waals surface area contributed by atoms with Crippen LogP contribution in [0.2, 0.25) is 0 Å². The fourth-order valence-electron chi connectivity index (χ4n) is 2.50. The third-order valence-electron chi connectivity index (χ3n) is 3.66. The molecule has 0 saturated heterocycles. The zero-order chi connectivity index (χ0) is 15.0. The second-order valence-corrected chi connectivity index (χ2v) is 5.24. The van der Waals surface area contributed by atoms with Gasteiger partial charge in [0.1, 0.15) is 0 Å². The van der Waals surface area contributed by atoms with E-state index in [0.717, 1.165) is 22.4 Å². The maximum absolute atomic E-state index is 11.9. The van der Waals surface area contributed by atoms with Crippen molar-refractivity contribution in [1.82, 2.24) is 0 Å². The molecule has 0 radical (unpaired) electrons. The number of benzene rings is 2. The Labute approximate surface area is 123 Å². The van der Waals surface area contributed by atoms with Crippen molar-refractivity contribution < 1.29 is 9.59 Å². The number of carbonyl (C=O) groups is 2. The lowest BCUT2D eigenvalue weighted by molar-refractivity contribution is -0.111. The van der Waals surface area contributed by atoms with Gasteiger partial charge in [-0.1, -0.05) is 36.4 Å². The highest BCUT2D eigenvalue weighted by atomic mass is 16.2. The Bertz CT molecular complexity index is 755. The van der Waals surface area contributed by atoms with Crippen LogP contribution in [0.4, 0.5) is 5.69 Å². The molecule has 0 heterocycles. The summed E-state index contributed by atoms with van der Waals surface area (Å²) in [6, 6.07) is 15.2. The normalized spacial score (nSPS) is 13.7. The first kappa shape index (κ1) is 13.3. The van der Waals surface area contributed by atoms with Crippen LogP contribution in [0.3, 0.4) is 0 Å². The molecule has 0 amide bonds. The summed E-state index contributed by atoms with van der Waals surface area (Å²) in [4.78, 5) is 25.8. The minimum Gasteiger partial charge on any atom is -0.378 e. The number of Topliss-reactive ketones (excluding diaryl/α,β-unsaturated/α-hetero) is 1. The van der Waals surface area contributed by atoms with Crippen LogP contribution in [0, 0.1) is 0 Å². The lowest BCUT2D eigenvalue weighted by atomic mass is 9.86. The number of carbonyl (C=O) groups excluding carboxylic acids is 2. The second kappa shape index (κ2) is 5.02. The van der Waals surface area contributed by atoms with E-state index in [9.17, 15) is 9.59 Å². The number of ketones is 2. The lowest BCUT2D eigenvalue weighted by Gasteiger charge is -2.18. The molecule has 0 unspecified atom stereocenters. The van der Waals surface area contributed by atoms with Crippen LogP contribution in [0.25, 0.3) is 5.57 Å². The molecule has 104 valence electrons. The molecule has 0 bridgehead atoms. The number of fused-ring (bicyclic) bond motifs is 1. The lowest BCUT2D eigenvalue weighted by Crippen LogP contribution is -2.18. The van der Waals surface area contributed by atoms with Crippen LogP contribution in [0.1, 0.15) is 21.5 Å². The summed E-state index contributed by atoms with van der Waals surface area (Å²) >= 11 is 0. The second-order valence-electron chi connectivity index (χ2n) is 5.24. The van der Waals surface area contributed by atoms with Gasteiger partial charge in [-0.3, -0.25) is 9.59 Å². The molecule has 1 aliphatic carbocycles. The van der Waals surface area contributed by atoms with Crippen LogP contribution in [-0.4, -0.2) is 25.7 Å². The molecule has 3 heteroatoms. The average Bonchev–Trinajstić information content (AvgIpc) is 2.51. The van der Waals surface area contributed by atoms with Crippen LogP contribution >= 0.6 is 0 Å². The van der Waals surface area contributed by atoms with E-state index in [2.05, 4.69) is 0 Å². The molecule has 0 aliphatic heterocycles. The number of anilines is 1. The van der Waals surface area contributed by atoms with Crippen molar-refractivity contribution >= 4 is 22.8 Å². The minimum atomic E-state index is -0.458. The molecule has 21 heavy (non-hydrogen) atoms. The predicted octanol–water partition coefficient (Wildman–Crippen LogP) is 2.95. The summed E-state index contributed by atoms with van der Waals surface area (Å²) in [7, 11) is 3.96. The summed E-state index contributed by atoms with van der Waals surface area (Å²) in [6.07, 6.45) is 1.44. The Morgan fingerprint density at radius 1 is 0.810 bits per heavy atom. The zero-order valence-corrected chi connectivity index (χ0v) is 12.0. The first-order valence-corrected chi connectivity index (χ1v) is 6.75. The standard InChI is InChI=1S/C18H15NO2/c1-19(2)13-9-7-12(8-10-13)16-11-17(20)18(21)15-6-4-3-5-14(15)16/h3-11H,1-2H3. The van der Waals surface area contributed by atoms with E-state index in [4.69, 9.17) is 0 Å². The van der Waals surface area contributed by atoms with Gasteiger partial charge in [-0.15, -0.1) is 0 Å². The van der Waals surface area contributed by atoms with E-state index in [1.807, 2.05) is 55.4 Å². The molecule has 3 rings (SSSR count). The average molecular weight is 277 g/mol. The Balaban J connectivity index is 2.11. The van der Waals surface area contributed by atoms with Gasteiger partial charge in [-0.25, -0.2) is 0 Å². The monoisotopic (exact) mass is 277 g/mol. The smallest absolute Gasteiger partial charge is 0.233 e. The van der Waals surface area contributed by atoms with Crippen LogP contribution in [0.5, 0.6) is 0 Å². The Morgan fingerprint density at radius 2 is 1.43 bits per heavy atom. The van der Waals surface area contributed by atoms with Crippen molar-refractivity contribution in [3.05, 3.63) is 71.3 Å².